The highest BCUT2D eigenvalue weighted by atomic mass is 16.5. The Bertz CT molecular complexity index is 1060. The summed E-state index contributed by atoms with van der Waals surface area (Å²) < 4.78 is 10.9. The average Bonchev–Trinajstić information content (AvgIpc) is 2.80. The molecule has 0 bridgehead atoms. The summed E-state index contributed by atoms with van der Waals surface area (Å²) in [5, 5.41) is 9.44. The van der Waals surface area contributed by atoms with Gasteiger partial charge >= 0.3 is 5.97 Å². The summed E-state index contributed by atoms with van der Waals surface area (Å²) in [6, 6.07) is 11.7. The fourth-order valence-electron chi connectivity index (χ4n) is 3.58. The molecular formula is C25H28N2O6. The lowest BCUT2D eigenvalue weighted by atomic mass is 10.1. The second kappa shape index (κ2) is 10.8. The van der Waals surface area contributed by atoms with Crippen LogP contribution in [0.4, 0.5) is 11.4 Å². The van der Waals surface area contributed by atoms with Crippen molar-refractivity contribution in [2.45, 2.75) is 26.4 Å². The molecule has 0 radical (unpaired) electrons. The smallest absolute Gasteiger partial charge is 0.335 e. The molecule has 0 unspecified atom stereocenters. The van der Waals surface area contributed by atoms with Crippen LogP contribution in [0.25, 0.3) is 6.08 Å². The molecule has 33 heavy (non-hydrogen) atoms. The first-order valence-corrected chi connectivity index (χ1v) is 10.7. The van der Waals surface area contributed by atoms with Gasteiger partial charge in [-0.15, -0.1) is 0 Å². The number of hydrogen-bond acceptors (Lipinski definition) is 5. The number of carbonyl (C=O) groups excluding carboxylic acids is 2. The van der Waals surface area contributed by atoms with Crippen molar-refractivity contribution in [3.05, 3.63) is 59.7 Å². The molecule has 0 aromatic heterocycles. The Kier molecular flexibility index (Phi) is 7.84. The quantitative estimate of drug-likeness (QED) is 0.461. The largest absolute Gasteiger partial charge is 0.496 e. The van der Waals surface area contributed by atoms with Gasteiger partial charge in [0.05, 0.1) is 30.2 Å². The molecular weight excluding hydrogens is 424 g/mol. The fraction of sp³-hybridized carbons (Fsp3) is 0.320. The lowest BCUT2D eigenvalue weighted by Crippen LogP contribution is -2.48. The van der Waals surface area contributed by atoms with Gasteiger partial charge < -0.3 is 19.5 Å². The van der Waals surface area contributed by atoms with Gasteiger partial charge in [0.2, 0.25) is 5.91 Å². The molecule has 0 saturated heterocycles. The van der Waals surface area contributed by atoms with Gasteiger partial charge in [-0.3, -0.25) is 14.5 Å². The number of anilines is 2. The molecule has 3 rings (SSSR count). The summed E-state index contributed by atoms with van der Waals surface area (Å²) in [7, 11) is 1.54. The van der Waals surface area contributed by atoms with Crippen molar-refractivity contribution in [2.75, 3.05) is 36.6 Å². The van der Waals surface area contributed by atoms with Crippen LogP contribution in [0.3, 0.4) is 0 Å². The lowest BCUT2D eigenvalue weighted by Gasteiger charge is -2.36. The van der Waals surface area contributed by atoms with E-state index in [0.29, 0.717) is 42.3 Å². The molecule has 8 nitrogen and oxygen atoms in total. The van der Waals surface area contributed by atoms with Crippen LogP contribution >= 0.6 is 0 Å². The Morgan fingerprint density at radius 1 is 1.15 bits per heavy atom. The van der Waals surface area contributed by atoms with Crippen molar-refractivity contribution in [3.63, 3.8) is 0 Å². The summed E-state index contributed by atoms with van der Waals surface area (Å²) in [6.07, 6.45) is 3.68. The van der Waals surface area contributed by atoms with Crippen LogP contribution in [0, 0.1) is 0 Å². The van der Waals surface area contributed by atoms with Crippen LogP contribution in [0.15, 0.2) is 48.5 Å². The van der Waals surface area contributed by atoms with Crippen molar-refractivity contribution in [2.24, 2.45) is 0 Å². The average molecular weight is 453 g/mol. The molecule has 1 aliphatic rings. The molecule has 1 heterocycles. The monoisotopic (exact) mass is 452 g/mol. The lowest BCUT2D eigenvalue weighted by molar-refractivity contribution is -0.120. The molecule has 2 aromatic rings. The van der Waals surface area contributed by atoms with Gasteiger partial charge in [0, 0.05) is 24.8 Å². The molecule has 0 fully saturated rings. The van der Waals surface area contributed by atoms with Gasteiger partial charge in [0.1, 0.15) is 12.3 Å². The van der Waals surface area contributed by atoms with E-state index in [1.807, 2.05) is 26.0 Å². The van der Waals surface area contributed by atoms with Crippen LogP contribution < -0.4 is 14.5 Å². The Morgan fingerprint density at radius 3 is 2.61 bits per heavy atom. The standard InChI is InChI=1S/C25H28N2O6/c1-17(2)33-14-6-13-26-20-11-9-19(25(30)31)15-21(20)27(16-24(26)29)23(28)12-10-18-7-4-5-8-22(18)32-3/h4-5,7-12,15,17H,6,13-14,16H2,1-3H3,(H,30,31)/b12-10+. The summed E-state index contributed by atoms with van der Waals surface area (Å²) >= 11 is 0. The van der Waals surface area contributed by atoms with Crippen LogP contribution in [0.5, 0.6) is 5.75 Å². The zero-order valence-corrected chi connectivity index (χ0v) is 19.0. The van der Waals surface area contributed by atoms with E-state index in [9.17, 15) is 19.5 Å². The van der Waals surface area contributed by atoms with Gasteiger partial charge in [0.15, 0.2) is 0 Å². The third kappa shape index (κ3) is 5.78. The number of fused-ring (bicyclic) bond motifs is 1. The maximum atomic E-state index is 13.1. The summed E-state index contributed by atoms with van der Waals surface area (Å²) in [5.41, 5.74) is 1.63. The van der Waals surface area contributed by atoms with Gasteiger partial charge in [0.25, 0.3) is 5.91 Å². The van der Waals surface area contributed by atoms with E-state index in [-0.39, 0.29) is 24.1 Å². The number of hydrogen-bond donors (Lipinski definition) is 1. The molecule has 0 aliphatic carbocycles. The van der Waals surface area contributed by atoms with Crippen LogP contribution in [0.2, 0.25) is 0 Å². The third-order valence-corrected chi connectivity index (χ3v) is 5.19. The Balaban J connectivity index is 1.89. The number of rotatable bonds is 9. The number of nitrogens with zero attached hydrogens (tertiary/aromatic N) is 2. The minimum absolute atomic E-state index is 0.0395. The number of carboxylic acids is 1. The molecule has 0 spiro atoms. The number of carbonyl (C=O) groups is 3. The van der Waals surface area contributed by atoms with Crippen molar-refractivity contribution in [1.82, 2.24) is 0 Å². The molecule has 2 aromatic carbocycles. The number of methoxy groups -OCH3 is 1. The van der Waals surface area contributed by atoms with E-state index >= 15 is 0 Å². The molecule has 174 valence electrons. The highest BCUT2D eigenvalue weighted by Crippen LogP contribution is 2.35. The topological polar surface area (TPSA) is 96.4 Å². The second-order valence-corrected chi connectivity index (χ2v) is 7.83. The van der Waals surface area contributed by atoms with Crippen molar-refractivity contribution in [1.29, 1.82) is 0 Å². The van der Waals surface area contributed by atoms with Gasteiger partial charge in [-0.1, -0.05) is 18.2 Å². The maximum Gasteiger partial charge on any atom is 0.335 e. The summed E-state index contributed by atoms with van der Waals surface area (Å²) in [4.78, 5) is 40.4. The Hall–Kier alpha value is -3.65. The first-order valence-electron chi connectivity index (χ1n) is 10.7. The van der Waals surface area contributed by atoms with Gasteiger partial charge in [-0.05, 0) is 50.6 Å². The Morgan fingerprint density at radius 2 is 1.91 bits per heavy atom. The zero-order chi connectivity index (χ0) is 24.0. The third-order valence-electron chi connectivity index (χ3n) is 5.19. The summed E-state index contributed by atoms with van der Waals surface area (Å²) in [6.45, 7) is 4.60. The number of aromatic carboxylic acids is 1. The Labute approximate surface area is 193 Å². The van der Waals surface area contributed by atoms with E-state index in [2.05, 4.69) is 0 Å². The molecule has 2 amide bonds. The molecule has 0 atom stereocenters. The van der Waals surface area contributed by atoms with Crippen LogP contribution in [-0.4, -0.2) is 55.8 Å². The molecule has 8 heteroatoms. The maximum absolute atomic E-state index is 13.1. The minimum Gasteiger partial charge on any atom is -0.496 e. The number of amides is 2. The number of benzene rings is 2. The first kappa shape index (κ1) is 24.0. The zero-order valence-electron chi connectivity index (χ0n) is 19.0. The number of ether oxygens (including phenoxy) is 2. The van der Waals surface area contributed by atoms with Gasteiger partial charge in [-0.2, -0.15) is 0 Å². The highest BCUT2D eigenvalue weighted by molar-refractivity contribution is 6.15. The number of para-hydroxylation sites is 1. The van der Waals surface area contributed by atoms with E-state index in [0.717, 1.165) is 0 Å². The summed E-state index contributed by atoms with van der Waals surface area (Å²) in [5.74, 6) is -1.17. The van der Waals surface area contributed by atoms with Crippen LogP contribution in [0.1, 0.15) is 36.2 Å². The van der Waals surface area contributed by atoms with Crippen molar-refractivity contribution in [3.8, 4) is 5.75 Å². The SMILES string of the molecule is COc1ccccc1/C=C/C(=O)N1CC(=O)N(CCCOC(C)C)c2ccc(C(=O)O)cc21. The first-order chi connectivity index (χ1) is 15.8. The predicted octanol–water partition coefficient (Wildman–Crippen LogP) is 3.60. The van der Waals surface area contributed by atoms with Crippen molar-refractivity contribution < 1.29 is 29.0 Å². The van der Waals surface area contributed by atoms with E-state index in [1.54, 1.807) is 36.3 Å². The highest BCUT2D eigenvalue weighted by Gasteiger charge is 2.32. The van der Waals surface area contributed by atoms with E-state index in [4.69, 9.17) is 9.47 Å². The number of carboxylic acid groups (broad SMARTS) is 1. The predicted molar refractivity (Wildman–Crippen MR) is 126 cm³/mol. The molecule has 1 aliphatic heterocycles. The minimum atomic E-state index is -1.11. The fourth-order valence-corrected chi connectivity index (χ4v) is 3.58. The molecule has 1 N–H and O–H groups in total. The molecule has 0 saturated carbocycles. The van der Waals surface area contributed by atoms with E-state index < -0.39 is 11.9 Å². The second-order valence-electron chi connectivity index (χ2n) is 7.83. The van der Waals surface area contributed by atoms with Gasteiger partial charge in [-0.25, -0.2) is 4.79 Å². The van der Waals surface area contributed by atoms with Crippen molar-refractivity contribution >= 4 is 35.2 Å². The van der Waals surface area contributed by atoms with E-state index in [1.165, 1.54) is 23.1 Å². The normalized spacial score (nSPS) is 13.5. The van der Waals surface area contributed by atoms with Crippen LogP contribution in [-0.2, 0) is 14.3 Å².